The van der Waals surface area contributed by atoms with Crippen molar-refractivity contribution >= 4 is 31.3 Å². The molecule has 104 valence electrons. The van der Waals surface area contributed by atoms with Crippen LogP contribution in [0.1, 0.15) is 26.2 Å². The van der Waals surface area contributed by atoms with Crippen molar-refractivity contribution in [2.75, 3.05) is 5.32 Å². The van der Waals surface area contributed by atoms with Crippen molar-refractivity contribution in [3.63, 3.8) is 0 Å². The molecule has 1 N–H and O–H groups in total. The lowest BCUT2D eigenvalue weighted by Crippen LogP contribution is -2.24. The van der Waals surface area contributed by atoms with Gasteiger partial charge in [0.15, 0.2) is 0 Å². The minimum atomic E-state index is -3.71. The van der Waals surface area contributed by atoms with E-state index in [1.807, 2.05) is 0 Å². The Morgan fingerprint density at radius 1 is 1.26 bits per heavy atom. The summed E-state index contributed by atoms with van der Waals surface area (Å²) >= 11 is 0. The Morgan fingerprint density at radius 3 is 2.37 bits per heavy atom. The van der Waals surface area contributed by atoms with Crippen molar-refractivity contribution in [1.82, 2.24) is 0 Å². The largest absolute Gasteiger partial charge is 0.326 e. The molecule has 19 heavy (non-hydrogen) atoms. The van der Waals surface area contributed by atoms with E-state index in [1.54, 1.807) is 12.1 Å². The standard InChI is InChI=1S/C13H16ClNO3S/c1-9-3-2-4-12(9)13(16)15-10-5-7-11(8-6-10)19(14,17)18/h5-9,12H,2-4H2,1H3,(H,15,16). The van der Waals surface area contributed by atoms with Crippen LogP contribution in [-0.2, 0) is 13.8 Å². The summed E-state index contributed by atoms with van der Waals surface area (Å²) in [5.41, 5.74) is 0.591. The first-order chi connectivity index (χ1) is 8.88. The summed E-state index contributed by atoms with van der Waals surface area (Å²) < 4.78 is 22.2. The molecule has 2 unspecified atom stereocenters. The molecule has 1 aromatic carbocycles. The van der Waals surface area contributed by atoms with Crippen molar-refractivity contribution in [2.45, 2.75) is 31.1 Å². The molecule has 2 rings (SSSR count). The minimum Gasteiger partial charge on any atom is -0.326 e. The zero-order valence-electron chi connectivity index (χ0n) is 10.6. The molecule has 2 atom stereocenters. The van der Waals surface area contributed by atoms with E-state index in [1.165, 1.54) is 12.1 Å². The monoisotopic (exact) mass is 301 g/mol. The molecule has 0 saturated heterocycles. The molecule has 0 bridgehead atoms. The normalized spacial score (nSPS) is 23.3. The highest BCUT2D eigenvalue weighted by Crippen LogP contribution is 2.32. The van der Waals surface area contributed by atoms with E-state index in [0.717, 1.165) is 19.3 Å². The van der Waals surface area contributed by atoms with Crippen LogP contribution in [0.15, 0.2) is 29.2 Å². The average molecular weight is 302 g/mol. The Hall–Kier alpha value is -1.07. The number of anilines is 1. The molecule has 1 aliphatic carbocycles. The van der Waals surface area contributed by atoms with Crippen LogP contribution in [-0.4, -0.2) is 14.3 Å². The van der Waals surface area contributed by atoms with Crippen LogP contribution in [0, 0.1) is 11.8 Å². The number of amides is 1. The third-order valence-corrected chi connectivity index (χ3v) is 4.97. The van der Waals surface area contributed by atoms with Gasteiger partial charge in [0.25, 0.3) is 9.05 Å². The van der Waals surface area contributed by atoms with E-state index < -0.39 is 9.05 Å². The number of hydrogen-bond acceptors (Lipinski definition) is 3. The molecule has 0 radical (unpaired) electrons. The van der Waals surface area contributed by atoms with E-state index in [2.05, 4.69) is 12.2 Å². The third-order valence-electron chi connectivity index (χ3n) is 3.60. The molecule has 0 aliphatic heterocycles. The topological polar surface area (TPSA) is 63.2 Å². The Labute approximate surface area is 117 Å². The van der Waals surface area contributed by atoms with Crippen LogP contribution in [0.3, 0.4) is 0 Å². The van der Waals surface area contributed by atoms with E-state index in [9.17, 15) is 13.2 Å². The Bertz CT molecular complexity index is 568. The first-order valence-corrected chi connectivity index (χ1v) is 8.54. The van der Waals surface area contributed by atoms with Crippen LogP contribution >= 0.6 is 10.7 Å². The zero-order chi connectivity index (χ0) is 14.0. The van der Waals surface area contributed by atoms with Crippen molar-refractivity contribution in [3.05, 3.63) is 24.3 Å². The van der Waals surface area contributed by atoms with E-state index in [0.29, 0.717) is 11.6 Å². The molecular formula is C13H16ClNO3S. The highest BCUT2D eigenvalue weighted by molar-refractivity contribution is 8.13. The van der Waals surface area contributed by atoms with Crippen molar-refractivity contribution in [3.8, 4) is 0 Å². The fourth-order valence-electron chi connectivity index (χ4n) is 2.47. The van der Waals surface area contributed by atoms with Crippen molar-refractivity contribution in [2.24, 2.45) is 11.8 Å². The van der Waals surface area contributed by atoms with E-state index in [4.69, 9.17) is 10.7 Å². The fraction of sp³-hybridized carbons (Fsp3) is 0.462. The lowest BCUT2D eigenvalue weighted by molar-refractivity contribution is -0.120. The second-order valence-electron chi connectivity index (χ2n) is 4.97. The summed E-state index contributed by atoms with van der Waals surface area (Å²) in [4.78, 5) is 12.1. The maximum atomic E-state index is 12.1. The smallest absolute Gasteiger partial charge is 0.261 e. The third kappa shape index (κ3) is 3.48. The van der Waals surface area contributed by atoms with Gasteiger partial charge < -0.3 is 5.32 Å². The molecule has 0 heterocycles. The molecular weight excluding hydrogens is 286 g/mol. The van der Waals surface area contributed by atoms with Crippen molar-refractivity contribution < 1.29 is 13.2 Å². The van der Waals surface area contributed by atoms with Crippen LogP contribution < -0.4 is 5.32 Å². The van der Waals surface area contributed by atoms with Crippen LogP contribution in [0.5, 0.6) is 0 Å². The van der Waals surface area contributed by atoms with Gasteiger partial charge in [0, 0.05) is 22.3 Å². The second-order valence-corrected chi connectivity index (χ2v) is 7.53. The van der Waals surface area contributed by atoms with Gasteiger partial charge in [0.2, 0.25) is 5.91 Å². The number of nitrogens with one attached hydrogen (secondary N) is 1. The number of benzene rings is 1. The zero-order valence-corrected chi connectivity index (χ0v) is 12.2. The molecule has 1 saturated carbocycles. The summed E-state index contributed by atoms with van der Waals surface area (Å²) in [7, 11) is 1.51. The van der Waals surface area contributed by atoms with Gasteiger partial charge in [0.1, 0.15) is 0 Å². The summed E-state index contributed by atoms with van der Waals surface area (Å²) in [5.74, 6) is 0.463. The SMILES string of the molecule is CC1CCCC1C(=O)Nc1ccc(S(=O)(=O)Cl)cc1. The van der Waals surface area contributed by atoms with Crippen LogP contribution in [0.4, 0.5) is 5.69 Å². The Kier molecular flexibility index (Phi) is 4.16. The maximum Gasteiger partial charge on any atom is 0.261 e. The molecule has 1 amide bonds. The van der Waals surface area contributed by atoms with Gasteiger partial charge in [-0.15, -0.1) is 0 Å². The predicted octanol–water partition coefficient (Wildman–Crippen LogP) is 2.99. The first kappa shape index (κ1) is 14.3. The van der Waals surface area contributed by atoms with Gasteiger partial charge in [-0.2, -0.15) is 0 Å². The lowest BCUT2D eigenvalue weighted by atomic mass is 9.97. The molecule has 4 nitrogen and oxygen atoms in total. The second kappa shape index (κ2) is 5.51. The van der Waals surface area contributed by atoms with Gasteiger partial charge in [-0.1, -0.05) is 13.3 Å². The molecule has 0 aromatic heterocycles. The molecule has 0 spiro atoms. The molecule has 6 heteroatoms. The highest BCUT2D eigenvalue weighted by atomic mass is 35.7. The fourth-order valence-corrected chi connectivity index (χ4v) is 3.24. The van der Waals surface area contributed by atoms with Gasteiger partial charge in [-0.25, -0.2) is 8.42 Å². The molecule has 1 fully saturated rings. The Balaban J connectivity index is 2.06. The number of hydrogen-bond donors (Lipinski definition) is 1. The number of carbonyl (C=O) groups is 1. The van der Waals surface area contributed by atoms with Gasteiger partial charge in [-0.3, -0.25) is 4.79 Å². The lowest BCUT2D eigenvalue weighted by Gasteiger charge is -2.15. The van der Waals surface area contributed by atoms with E-state index >= 15 is 0 Å². The summed E-state index contributed by atoms with van der Waals surface area (Å²) in [5, 5.41) is 2.82. The molecule has 1 aromatic rings. The maximum absolute atomic E-state index is 12.1. The number of rotatable bonds is 3. The quantitative estimate of drug-likeness (QED) is 0.873. The van der Waals surface area contributed by atoms with E-state index in [-0.39, 0.29) is 16.7 Å². The summed E-state index contributed by atoms with van der Waals surface area (Å²) in [6.07, 6.45) is 3.09. The predicted molar refractivity (Wildman–Crippen MR) is 74.6 cm³/mol. The average Bonchev–Trinajstić information content (AvgIpc) is 2.75. The Morgan fingerprint density at radius 2 is 1.89 bits per heavy atom. The minimum absolute atomic E-state index is 0.00600. The van der Waals surface area contributed by atoms with Crippen LogP contribution in [0.2, 0.25) is 0 Å². The highest BCUT2D eigenvalue weighted by Gasteiger charge is 2.29. The molecule has 1 aliphatic rings. The first-order valence-electron chi connectivity index (χ1n) is 6.23. The van der Waals surface area contributed by atoms with Gasteiger partial charge in [-0.05, 0) is 43.0 Å². The van der Waals surface area contributed by atoms with Crippen LogP contribution in [0.25, 0.3) is 0 Å². The van der Waals surface area contributed by atoms with Gasteiger partial charge in [0.05, 0.1) is 4.90 Å². The summed E-state index contributed by atoms with van der Waals surface area (Å²) in [6, 6.07) is 5.87. The van der Waals surface area contributed by atoms with Crippen molar-refractivity contribution in [1.29, 1.82) is 0 Å². The number of carbonyl (C=O) groups excluding carboxylic acids is 1. The summed E-state index contributed by atoms with van der Waals surface area (Å²) in [6.45, 7) is 2.08. The number of halogens is 1. The van der Waals surface area contributed by atoms with Gasteiger partial charge >= 0.3 is 0 Å².